The van der Waals surface area contributed by atoms with Crippen molar-refractivity contribution in [2.24, 2.45) is 0 Å². The molecule has 0 saturated heterocycles. The number of carbonyl (C=O) groups is 1. The lowest BCUT2D eigenvalue weighted by Crippen LogP contribution is -2.38. The number of benzene rings is 3. The van der Waals surface area contributed by atoms with Crippen molar-refractivity contribution in [3.63, 3.8) is 0 Å². The van der Waals surface area contributed by atoms with Crippen LogP contribution in [0.1, 0.15) is 16.7 Å². The Bertz CT molecular complexity index is 1140. The third kappa shape index (κ3) is 5.04. The fourth-order valence-corrected chi connectivity index (χ4v) is 4.56. The molecule has 0 aromatic heterocycles. The van der Waals surface area contributed by atoms with E-state index in [1.54, 1.807) is 12.1 Å². The first-order chi connectivity index (χ1) is 14.1. The van der Waals surface area contributed by atoms with Crippen LogP contribution in [0.2, 0.25) is 0 Å². The number of amides is 1. The van der Waals surface area contributed by atoms with E-state index in [2.05, 4.69) is 5.32 Å². The van der Waals surface area contributed by atoms with E-state index in [-0.39, 0.29) is 10.6 Å². The Hall–Kier alpha value is -3.19. The Morgan fingerprint density at radius 2 is 1.43 bits per heavy atom. The van der Waals surface area contributed by atoms with E-state index in [4.69, 9.17) is 0 Å². The SMILES string of the molecule is Cc1ccc(S(=O)(=O)N(CC(=O)Nc2cc(C)cc(C)c2)c2ccc(F)cc2)cc1. The Morgan fingerprint density at radius 1 is 0.867 bits per heavy atom. The number of nitrogens with zero attached hydrogens (tertiary/aromatic N) is 1. The van der Waals surface area contributed by atoms with Crippen LogP contribution in [0.3, 0.4) is 0 Å². The summed E-state index contributed by atoms with van der Waals surface area (Å²) in [5.41, 5.74) is 3.66. The van der Waals surface area contributed by atoms with Crippen molar-refractivity contribution in [2.75, 3.05) is 16.2 Å². The van der Waals surface area contributed by atoms with Gasteiger partial charge in [-0.05, 0) is 80.4 Å². The molecule has 156 valence electrons. The molecule has 3 aromatic rings. The zero-order valence-corrected chi connectivity index (χ0v) is 17.8. The minimum Gasteiger partial charge on any atom is -0.324 e. The van der Waals surface area contributed by atoms with Gasteiger partial charge in [-0.3, -0.25) is 9.10 Å². The highest BCUT2D eigenvalue weighted by Gasteiger charge is 2.27. The third-order valence-corrected chi connectivity index (χ3v) is 6.30. The van der Waals surface area contributed by atoms with Crippen LogP contribution in [0.5, 0.6) is 0 Å². The van der Waals surface area contributed by atoms with Crippen LogP contribution in [-0.4, -0.2) is 20.9 Å². The Kier molecular flexibility index (Phi) is 6.22. The average Bonchev–Trinajstić information content (AvgIpc) is 2.66. The van der Waals surface area contributed by atoms with E-state index in [9.17, 15) is 17.6 Å². The van der Waals surface area contributed by atoms with Crippen LogP contribution in [-0.2, 0) is 14.8 Å². The molecule has 30 heavy (non-hydrogen) atoms. The van der Waals surface area contributed by atoms with Crippen molar-refractivity contribution in [1.82, 2.24) is 0 Å². The van der Waals surface area contributed by atoms with Crippen molar-refractivity contribution in [3.05, 3.63) is 89.2 Å². The highest BCUT2D eigenvalue weighted by molar-refractivity contribution is 7.92. The summed E-state index contributed by atoms with van der Waals surface area (Å²) in [5.74, 6) is -0.994. The molecule has 0 aliphatic carbocycles. The molecular weight excluding hydrogens is 403 g/mol. The lowest BCUT2D eigenvalue weighted by Gasteiger charge is -2.24. The molecular formula is C23H23FN2O3S. The topological polar surface area (TPSA) is 66.5 Å². The van der Waals surface area contributed by atoms with Gasteiger partial charge in [-0.15, -0.1) is 0 Å². The molecule has 7 heteroatoms. The summed E-state index contributed by atoms with van der Waals surface area (Å²) in [7, 11) is -4.04. The Balaban J connectivity index is 1.94. The summed E-state index contributed by atoms with van der Waals surface area (Å²) in [6.07, 6.45) is 0. The summed E-state index contributed by atoms with van der Waals surface area (Å²) in [6.45, 7) is 5.23. The number of hydrogen-bond donors (Lipinski definition) is 1. The summed E-state index contributed by atoms with van der Waals surface area (Å²) < 4.78 is 40.9. The third-order valence-electron chi connectivity index (χ3n) is 4.52. The molecule has 3 aromatic carbocycles. The van der Waals surface area contributed by atoms with Crippen LogP contribution < -0.4 is 9.62 Å². The number of halogens is 1. The van der Waals surface area contributed by atoms with Gasteiger partial charge >= 0.3 is 0 Å². The maximum absolute atomic E-state index is 13.4. The highest BCUT2D eigenvalue weighted by atomic mass is 32.2. The van der Waals surface area contributed by atoms with Crippen LogP contribution in [0.25, 0.3) is 0 Å². The van der Waals surface area contributed by atoms with Crippen LogP contribution >= 0.6 is 0 Å². The van der Waals surface area contributed by atoms with Gasteiger partial charge in [-0.1, -0.05) is 23.8 Å². The number of sulfonamides is 1. The summed E-state index contributed by atoms with van der Waals surface area (Å²) >= 11 is 0. The van der Waals surface area contributed by atoms with E-state index in [0.29, 0.717) is 5.69 Å². The number of aryl methyl sites for hydroxylation is 3. The minimum atomic E-state index is -4.04. The van der Waals surface area contributed by atoms with Gasteiger partial charge in [0.2, 0.25) is 5.91 Å². The smallest absolute Gasteiger partial charge is 0.264 e. The molecule has 0 spiro atoms. The fourth-order valence-electron chi connectivity index (χ4n) is 3.14. The van der Waals surface area contributed by atoms with Gasteiger partial charge in [0.05, 0.1) is 10.6 Å². The van der Waals surface area contributed by atoms with Gasteiger partial charge in [0.15, 0.2) is 0 Å². The molecule has 0 unspecified atom stereocenters. The van der Waals surface area contributed by atoms with E-state index in [1.165, 1.54) is 24.3 Å². The van der Waals surface area contributed by atoms with Gasteiger partial charge in [0.1, 0.15) is 12.4 Å². The minimum absolute atomic E-state index is 0.0524. The van der Waals surface area contributed by atoms with Crippen molar-refractivity contribution < 1.29 is 17.6 Å². The molecule has 0 fully saturated rings. The standard InChI is InChI=1S/C23H23FN2O3S/c1-16-4-10-22(11-5-16)30(28,29)26(21-8-6-19(24)7-9-21)15-23(27)25-20-13-17(2)12-18(3)14-20/h4-14H,15H2,1-3H3,(H,25,27). The molecule has 3 rings (SSSR count). The molecule has 1 N–H and O–H groups in total. The first kappa shape index (κ1) is 21.5. The Labute approximate surface area is 176 Å². The first-order valence-electron chi connectivity index (χ1n) is 9.38. The molecule has 0 aliphatic heterocycles. The average molecular weight is 427 g/mol. The van der Waals surface area contributed by atoms with Gasteiger partial charge in [-0.25, -0.2) is 12.8 Å². The predicted molar refractivity (Wildman–Crippen MR) is 117 cm³/mol. The van der Waals surface area contributed by atoms with Crippen molar-refractivity contribution in [1.29, 1.82) is 0 Å². The van der Waals surface area contributed by atoms with Gasteiger partial charge in [-0.2, -0.15) is 0 Å². The first-order valence-corrected chi connectivity index (χ1v) is 10.8. The molecule has 0 bridgehead atoms. The lowest BCUT2D eigenvalue weighted by atomic mass is 10.1. The van der Waals surface area contributed by atoms with Crippen molar-refractivity contribution in [3.8, 4) is 0 Å². The number of anilines is 2. The number of hydrogen-bond acceptors (Lipinski definition) is 3. The zero-order valence-electron chi connectivity index (χ0n) is 17.0. The second-order valence-corrected chi connectivity index (χ2v) is 9.09. The van der Waals surface area contributed by atoms with Gasteiger partial charge in [0.25, 0.3) is 10.0 Å². The van der Waals surface area contributed by atoms with E-state index >= 15 is 0 Å². The van der Waals surface area contributed by atoms with Crippen molar-refractivity contribution in [2.45, 2.75) is 25.7 Å². The maximum atomic E-state index is 13.4. The maximum Gasteiger partial charge on any atom is 0.264 e. The number of nitrogens with one attached hydrogen (secondary N) is 1. The zero-order chi connectivity index (χ0) is 21.9. The second kappa shape index (κ2) is 8.67. The number of carbonyl (C=O) groups excluding carboxylic acids is 1. The molecule has 0 saturated carbocycles. The van der Waals surface area contributed by atoms with Crippen LogP contribution in [0.4, 0.5) is 15.8 Å². The van der Waals surface area contributed by atoms with E-state index in [0.717, 1.165) is 33.1 Å². The monoisotopic (exact) mass is 426 g/mol. The van der Waals surface area contributed by atoms with Crippen LogP contribution in [0.15, 0.2) is 71.6 Å². The van der Waals surface area contributed by atoms with Gasteiger partial charge in [0, 0.05) is 5.69 Å². The highest BCUT2D eigenvalue weighted by Crippen LogP contribution is 2.24. The largest absolute Gasteiger partial charge is 0.324 e. The molecule has 0 aliphatic rings. The molecule has 5 nitrogen and oxygen atoms in total. The lowest BCUT2D eigenvalue weighted by molar-refractivity contribution is -0.114. The normalized spacial score (nSPS) is 11.2. The second-order valence-electron chi connectivity index (χ2n) is 7.23. The molecule has 1 amide bonds. The van der Waals surface area contributed by atoms with E-state index < -0.39 is 28.3 Å². The summed E-state index contributed by atoms with van der Waals surface area (Å²) in [6, 6.07) is 16.9. The summed E-state index contributed by atoms with van der Waals surface area (Å²) in [5, 5.41) is 2.75. The molecule has 0 radical (unpaired) electrons. The molecule has 0 heterocycles. The van der Waals surface area contributed by atoms with Crippen LogP contribution in [0, 0.1) is 26.6 Å². The number of rotatable bonds is 6. The quantitative estimate of drug-likeness (QED) is 0.627. The van der Waals surface area contributed by atoms with Gasteiger partial charge < -0.3 is 5.32 Å². The molecule has 0 atom stereocenters. The predicted octanol–water partition coefficient (Wildman–Crippen LogP) is 4.58. The van der Waals surface area contributed by atoms with E-state index in [1.807, 2.05) is 39.0 Å². The fraction of sp³-hybridized carbons (Fsp3) is 0.174. The van der Waals surface area contributed by atoms with Crippen molar-refractivity contribution >= 4 is 27.3 Å². The Morgan fingerprint density at radius 3 is 2.00 bits per heavy atom. The summed E-state index contributed by atoms with van der Waals surface area (Å²) in [4.78, 5) is 12.8.